The van der Waals surface area contributed by atoms with Gasteiger partial charge in [0.2, 0.25) is 0 Å². The van der Waals surface area contributed by atoms with Gasteiger partial charge < -0.3 is 5.32 Å². The molecule has 24 heavy (non-hydrogen) atoms. The largest absolute Gasteiger partial charge is 0.373 e. The highest BCUT2D eigenvalue weighted by atomic mass is 15.6. The zero-order chi connectivity index (χ0) is 17.2. The summed E-state index contributed by atoms with van der Waals surface area (Å²) in [5, 5.41) is 16.2. The monoisotopic (exact) mass is 321 g/mol. The van der Waals surface area contributed by atoms with Crippen molar-refractivity contribution in [1.29, 1.82) is 0 Å². The molecule has 1 atom stereocenters. The van der Waals surface area contributed by atoms with Crippen LogP contribution >= 0.6 is 0 Å². The van der Waals surface area contributed by atoms with Crippen molar-refractivity contribution in [2.24, 2.45) is 0 Å². The molecule has 0 radical (unpaired) electrons. The van der Waals surface area contributed by atoms with E-state index in [0.29, 0.717) is 0 Å². The van der Waals surface area contributed by atoms with Crippen LogP contribution in [-0.2, 0) is 5.54 Å². The summed E-state index contributed by atoms with van der Waals surface area (Å²) in [6.07, 6.45) is 0.854. The fourth-order valence-electron chi connectivity index (χ4n) is 2.96. The van der Waals surface area contributed by atoms with Crippen LogP contribution in [0.2, 0.25) is 0 Å². The van der Waals surface area contributed by atoms with Gasteiger partial charge in [-0.1, -0.05) is 43.3 Å². The van der Waals surface area contributed by atoms with Gasteiger partial charge in [-0.05, 0) is 60.9 Å². The molecule has 0 bridgehead atoms. The number of benzene rings is 2. The Morgan fingerprint density at radius 1 is 1.00 bits per heavy atom. The molecular formula is C19H23N5. The number of hydrogen-bond acceptors (Lipinski definition) is 4. The third-order valence-electron chi connectivity index (χ3n) is 4.52. The van der Waals surface area contributed by atoms with Crippen LogP contribution in [0.1, 0.15) is 37.2 Å². The van der Waals surface area contributed by atoms with Crippen molar-refractivity contribution in [3.8, 4) is 5.69 Å². The van der Waals surface area contributed by atoms with Crippen molar-refractivity contribution < 1.29 is 0 Å². The molecule has 124 valence electrons. The summed E-state index contributed by atoms with van der Waals surface area (Å²) < 4.78 is 1.87. The minimum absolute atomic E-state index is 0.375. The highest BCUT2D eigenvalue weighted by Crippen LogP contribution is 2.30. The normalized spacial score (nSPS) is 13.5. The first-order valence-corrected chi connectivity index (χ1v) is 8.24. The third kappa shape index (κ3) is 2.89. The molecule has 0 spiro atoms. The van der Waals surface area contributed by atoms with Gasteiger partial charge in [-0.25, -0.2) is 0 Å². The molecule has 3 aromatic rings. The molecule has 3 rings (SSSR count). The van der Waals surface area contributed by atoms with E-state index in [1.165, 1.54) is 0 Å². The molecule has 2 aromatic carbocycles. The minimum Gasteiger partial charge on any atom is -0.373 e. The number of nitrogens with one attached hydrogen (secondary N) is 1. The topological polar surface area (TPSA) is 55.6 Å². The number of anilines is 1. The molecule has 0 aliphatic carbocycles. The van der Waals surface area contributed by atoms with Crippen LogP contribution in [0, 0.1) is 13.8 Å². The van der Waals surface area contributed by atoms with E-state index in [1.807, 2.05) is 22.9 Å². The van der Waals surface area contributed by atoms with E-state index in [1.54, 1.807) is 0 Å². The van der Waals surface area contributed by atoms with E-state index in [-0.39, 0.29) is 5.54 Å². The van der Waals surface area contributed by atoms with Gasteiger partial charge in [-0.15, -0.1) is 5.10 Å². The van der Waals surface area contributed by atoms with Gasteiger partial charge in [-0.3, -0.25) is 0 Å². The lowest BCUT2D eigenvalue weighted by molar-refractivity contribution is 0.474. The standard InChI is InChI=1S/C19H23N5/c1-5-19(4,20-16-12-7-6-8-13-16)18-21-22-23-24(18)17-14(2)10-9-11-15(17)3/h6-13,20H,5H2,1-4H3/t19-/m1/s1. The molecule has 0 saturated carbocycles. The summed E-state index contributed by atoms with van der Waals surface area (Å²) in [6, 6.07) is 16.4. The first-order chi connectivity index (χ1) is 11.5. The second-order valence-electron chi connectivity index (χ2n) is 6.33. The van der Waals surface area contributed by atoms with E-state index >= 15 is 0 Å². The van der Waals surface area contributed by atoms with Gasteiger partial charge >= 0.3 is 0 Å². The molecular weight excluding hydrogens is 298 g/mol. The first-order valence-electron chi connectivity index (χ1n) is 8.24. The number of rotatable bonds is 5. The zero-order valence-electron chi connectivity index (χ0n) is 14.6. The lowest BCUT2D eigenvalue weighted by atomic mass is 9.96. The quantitative estimate of drug-likeness (QED) is 0.771. The van der Waals surface area contributed by atoms with Gasteiger partial charge in [0.1, 0.15) is 0 Å². The van der Waals surface area contributed by atoms with Crippen LogP contribution in [0.5, 0.6) is 0 Å². The molecule has 1 N–H and O–H groups in total. The van der Waals surface area contributed by atoms with Crippen molar-refractivity contribution in [3.05, 3.63) is 65.5 Å². The van der Waals surface area contributed by atoms with Crippen LogP contribution in [-0.4, -0.2) is 20.2 Å². The predicted molar refractivity (Wildman–Crippen MR) is 96.3 cm³/mol. The minimum atomic E-state index is -0.375. The second-order valence-corrected chi connectivity index (χ2v) is 6.33. The second kappa shape index (κ2) is 6.43. The van der Waals surface area contributed by atoms with E-state index in [0.717, 1.165) is 34.7 Å². The van der Waals surface area contributed by atoms with Gasteiger partial charge in [0, 0.05) is 5.69 Å². The number of hydrogen-bond donors (Lipinski definition) is 1. The number of nitrogens with zero attached hydrogens (tertiary/aromatic N) is 4. The Morgan fingerprint density at radius 3 is 2.29 bits per heavy atom. The summed E-state index contributed by atoms with van der Waals surface area (Å²) in [4.78, 5) is 0. The zero-order valence-corrected chi connectivity index (χ0v) is 14.6. The molecule has 1 heterocycles. The van der Waals surface area contributed by atoms with E-state index < -0.39 is 0 Å². The van der Waals surface area contributed by atoms with E-state index in [4.69, 9.17) is 0 Å². The molecule has 0 fully saturated rings. The molecule has 5 nitrogen and oxygen atoms in total. The number of aromatic nitrogens is 4. The van der Waals surface area contributed by atoms with Gasteiger partial charge in [0.05, 0.1) is 11.2 Å². The van der Waals surface area contributed by atoms with Crippen LogP contribution in [0.25, 0.3) is 5.69 Å². The Balaban J connectivity index is 2.08. The molecule has 0 unspecified atom stereocenters. The van der Waals surface area contributed by atoms with Crippen LogP contribution < -0.4 is 5.32 Å². The van der Waals surface area contributed by atoms with E-state index in [9.17, 15) is 0 Å². The molecule has 0 aliphatic heterocycles. The Labute approximate surface area is 142 Å². The maximum absolute atomic E-state index is 4.35. The third-order valence-corrected chi connectivity index (χ3v) is 4.52. The fraction of sp³-hybridized carbons (Fsp3) is 0.316. The lowest BCUT2D eigenvalue weighted by Gasteiger charge is -2.30. The maximum atomic E-state index is 4.35. The fourth-order valence-corrected chi connectivity index (χ4v) is 2.96. The summed E-state index contributed by atoms with van der Waals surface area (Å²) in [6.45, 7) is 8.44. The summed E-state index contributed by atoms with van der Waals surface area (Å²) in [5.41, 5.74) is 4.04. The van der Waals surface area contributed by atoms with Gasteiger partial charge in [0.25, 0.3) is 0 Å². The van der Waals surface area contributed by atoms with Gasteiger partial charge in [0.15, 0.2) is 5.82 Å². The predicted octanol–water partition coefficient (Wildman–Crippen LogP) is 4.02. The highest BCUT2D eigenvalue weighted by molar-refractivity contribution is 5.49. The van der Waals surface area contributed by atoms with Crippen molar-refractivity contribution in [2.75, 3.05) is 5.32 Å². The average molecular weight is 321 g/mol. The summed E-state index contributed by atoms with van der Waals surface area (Å²) >= 11 is 0. The highest BCUT2D eigenvalue weighted by Gasteiger charge is 2.32. The smallest absolute Gasteiger partial charge is 0.181 e. The number of para-hydroxylation sites is 2. The van der Waals surface area contributed by atoms with Crippen LogP contribution in [0.3, 0.4) is 0 Å². The van der Waals surface area contributed by atoms with Crippen molar-refractivity contribution >= 4 is 5.69 Å². The van der Waals surface area contributed by atoms with Gasteiger partial charge in [-0.2, -0.15) is 4.68 Å². The molecule has 0 aliphatic rings. The molecule has 0 amide bonds. The molecule has 0 saturated heterocycles. The maximum Gasteiger partial charge on any atom is 0.181 e. The SMILES string of the molecule is CC[C@@](C)(Nc1ccccc1)c1nnnn1-c1c(C)cccc1C. The first kappa shape index (κ1) is 16.2. The Kier molecular flexibility index (Phi) is 4.34. The van der Waals surface area contributed by atoms with Crippen LogP contribution in [0.4, 0.5) is 5.69 Å². The number of aryl methyl sites for hydroxylation is 2. The Bertz CT molecular complexity index is 805. The average Bonchev–Trinajstić information content (AvgIpc) is 3.05. The Hall–Kier alpha value is -2.69. The van der Waals surface area contributed by atoms with Crippen molar-refractivity contribution in [1.82, 2.24) is 20.2 Å². The molecule has 1 aromatic heterocycles. The Morgan fingerprint density at radius 2 is 1.67 bits per heavy atom. The van der Waals surface area contributed by atoms with E-state index in [2.05, 4.69) is 78.9 Å². The summed E-state index contributed by atoms with van der Waals surface area (Å²) in [5.74, 6) is 0.811. The lowest BCUT2D eigenvalue weighted by Crippen LogP contribution is -2.34. The number of tetrazole rings is 1. The summed E-state index contributed by atoms with van der Waals surface area (Å²) in [7, 11) is 0. The van der Waals surface area contributed by atoms with Crippen LogP contribution in [0.15, 0.2) is 48.5 Å². The van der Waals surface area contributed by atoms with Crippen molar-refractivity contribution in [3.63, 3.8) is 0 Å². The van der Waals surface area contributed by atoms with Crippen molar-refractivity contribution in [2.45, 2.75) is 39.7 Å². The molecule has 5 heteroatoms.